The van der Waals surface area contributed by atoms with Crippen LogP contribution in [-0.4, -0.2) is 21.8 Å². The van der Waals surface area contributed by atoms with Crippen molar-refractivity contribution in [3.63, 3.8) is 0 Å². The van der Waals surface area contributed by atoms with Crippen LogP contribution in [0.5, 0.6) is 0 Å². The van der Waals surface area contributed by atoms with Crippen molar-refractivity contribution in [2.24, 2.45) is 0 Å². The van der Waals surface area contributed by atoms with E-state index in [1.807, 2.05) is 17.5 Å². The van der Waals surface area contributed by atoms with Crippen LogP contribution < -0.4 is 10.6 Å². The first-order chi connectivity index (χ1) is 12.4. The van der Waals surface area contributed by atoms with Crippen LogP contribution in [0.25, 0.3) is 10.6 Å². The maximum atomic E-state index is 12.4. The Hall–Kier alpha value is -1.81. The lowest BCUT2D eigenvalue weighted by molar-refractivity contribution is -0.119. The molecule has 6 nitrogen and oxygen atoms in total. The van der Waals surface area contributed by atoms with E-state index in [4.69, 9.17) is 11.6 Å². The van der Waals surface area contributed by atoms with E-state index in [1.54, 1.807) is 17.4 Å². The van der Waals surface area contributed by atoms with E-state index >= 15 is 0 Å². The van der Waals surface area contributed by atoms with Gasteiger partial charge in [-0.25, -0.2) is 9.97 Å². The van der Waals surface area contributed by atoms with E-state index in [0.717, 1.165) is 15.4 Å². The van der Waals surface area contributed by atoms with Gasteiger partial charge in [-0.15, -0.1) is 22.7 Å². The molecule has 10 heteroatoms. The number of hydrogen-bond donors (Lipinski definition) is 2. The number of amides is 2. The van der Waals surface area contributed by atoms with Gasteiger partial charge < -0.3 is 5.32 Å². The van der Waals surface area contributed by atoms with E-state index in [-0.39, 0.29) is 22.5 Å². The summed E-state index contributed by atoms with van der Waals surface area (Å²) in [6.07, 6.45) is 1.52. The highest BCUT2D eigenvalue weighted by Crippen LogP contribution is 2.31. The van der Waals surface area contributed by atoms with Gasteiger partial charge in [0.15, 0.2) is 5.13 Å². The number of thiazole rings is 1. The first kappa shape index (κ1) is 19.0. The minimum absolute atomic E-state index is 0.0701. The van der Waals surface area contributed by atoms with Gasteiger partial charge in [0.1, 0.15) is 5.15 Å². The molecule has 3 aromatic heterocycles. The summed E-state index contributed by atoms with van der Waals surface area (Å²) in [5.41, 5.74) is 1.04. The van der Waals surface area contributed by atoms with Crippen molar-refractivity contribution in [3.05, 3.63) is 49.8 Å². The number of carbonyl (C=O) groups is 2. The molecule has 0 unspecified atom stereocenters. The Bertz CT molecular complexity index is 973. The quantitative estimate of drug-likeness (QED) is 0.534. The maximum absolute atomic E-state index is 12.4. The largest absolute Gasteiger partial charge is 0.351 e. The number of nitrogens with zero attached hydrogens (tertiary/aromatic N) is 2. The van der Waals surface area contributed by atoms with Gasteiger partial charge in [0, 0.05) is 27.9 Å². The number of hydrogen-bond acceptors (Lipinski definition) is 6. The number of carbonyl (C=O) groups excluding carboxylic acids is 2. The SMILES string of the molecule is CC(=O)NCc1ccc(-c2csc(NC(=O)c3cc(Br)cnc3Cl)n2)s1. The average molecular weight is 472 g/mol. The summed E-state index contributed by atoms with van der Waals surface area (Å²) in [7, 11) is 0. The monoisotopic (exact) mass is 470 g/mol. The highest BCUT2D eigenvalue weighted by Gasteiger charge is 2.15. The van der Waals surface area contributed by atoms with Crippen LogP contribution in [-0.2, 0) is 11.3 Å². The summed E-state index contributed by atoms with van der Waals surface area (Å²) in [4.78, 5) is 33.7. The van der Waals surface area contributed by atoms with Crippen LogP contribution in [0, 0.1) is 0 Å². The Labute approximate surface area is 170 Å². The Morgan fingerprint density at radius 3 is 2.92 bits per heavy atom. The molecule has 0 aliphatic rings. The molecule has 0 aliphatic carbocycles. The van der Waals surface area contributed by atoms with Crippen LogP contribution in [0.4, 0.5) is 5.13 Å². The minimum atomic E-state index is -0.373. The molecule has 0 saturated carbocycles. The first-order valence-corrected chi connectivity index (χ1v) is 10.2. The first-order valence-electron chi connectivity index (χ1n) is 7.34. The predicted molar refractivity (Wildman–Crippen MR) is 108 cm³/mol. The van der Waals surface area contributed by atoms with Gasteiger partial charge in [0.2, 0.25) is 5.91 Å². The number of rotatable bonds is 5. The number of nitrogens with one attached hydrogen (secondary N) is 2. The molecule has 0 bridgehead atoms. The second-order valence-corrected chi connectivity index (χ2v) is 8.46. The van der Waals surface area contributed by atoms with Gasteiger partial charge in [0.05, 0.1) is 22.7 Å². The normalized spacial score (nSPS) is 10.6. The van der Waals surface area contributed by atoms with Crippen molar-refractivity contribution in [1.82, 2.24) is 15.3 Å². The molecule has 26 heavy (non-hydrogen) atoms. The fourth-order valence-corrected chi connectivity index (χ4v) is 4.22. The molecule has 0 saturated heterocycles. The third-order valence-corrected chi connectivity index (χ3v) is 5.80. The van der Waals surface area contributed by atoms with Crippen molar-refractivity contribution >= 4 is 67.2 Å². The molecule has 0 aliphatic heterocycles. The Morgan fingerprint density at radius 1 is 1.35 bits per heavy atom. The van der Waals surface area contributed by atoms with Crippen molar-refractivity contribution in [2.45, 2.75) is 13.5 Å². The highest BCUT2D eigenvalue weighted by atomic mass is 79.9. The van der Waals surface area contributed by atoms with Gasteiger partial charge in [0.25, 0.3) is 5.91 Å². The molecule has 0 fully saturated rings. The standard InChI is InChI=1S/C16H12BrClN4O2S2/c1-8(23)19-6-10-2-3-13(26-10)12-7-25-16(21-12)22-15(24)11-4-9(17)5-20-14(11)18/h2-5,7H,6H2,1H3,(H,19,23)(H,21,22,24). The molecular formula is C16H12BrClN4O2S2. The summed E-state index contributed by atoms with van der Waals surface area (Å²) in [6, 6.07) is 5.49. The van der Waals surface area contributed by atoms with Crippen LogP contribution in [0.1, 0.15) is 22.2 Å². The van der Waals surface area contributed by atoms with Crippen LogP contribution in [0.15, 0.2) is 34.2 Å². The average Bonchev–Trinajstić information content (AvgIpc) is 3.24. The van der Waals surface area contributed by atoms with Crippen LogP contribution >= 0.6 is 50.2 Å². The minimum Gasteiger partial charge on any atom is -0.351 e. The van der Waals surface area contributed by atoms with E-state index < -0.39 is 0 Å². The van der Waals surface area contributed by atoms with Gasteiger partial charge in [-0.05, 0) is 34.1 Å². The molecule has 0 atom stereocenters. The smallest absolute Gasteiger partial charge is 0.260 e. The second kappa shape index (κ2) is 8.26. The molecule has 2 N–H and O–H groups in total. The maximum Gasteiger partial charge on any atom is 0.260 e. The zero-order valence-electron chi connectivity index (χ0n) is 13.4. The number of halogens is 2. The number of aromatic nitrogens is 2. The van der Waals surface area contributed by atoms with E-state index in [9.17, 15) is 9.59 Å². The van der Waals surface area contributed by atoms with Crippen molar-refractivity contribution in [1.29, 1.82) is 0 Å². The van der Waals surface area contributed by atoms with E-state index in [0.29, 0.717) is 16.1 Å². The number of pyridine rings is 1. The lowest BCUT2D eigenvalue weighted by Gasteiger charge is -2.03. The molecule has 0 spiro atoms. The molecule has 3 heterocycles. The van der Waals surface area contributed by atoms with E-state index in [2.05, 4.69) is 36.5 Å². The Balaban J connectivity index is 1.71. The predicted octanol–water partition coefficient (Wildman–Crippen LogP) is 4.57. The number of thiophene rings is 1. The van der Waals surface area contributed by atoms with Crippen molar-refractivity contribution in [2.75, 3.05) is 5.32 Å². The van der Waals surface area contributed by atoms with Crippen molar-refractivity contribution < 1.29 is 9.59 Å². The Kier molecular flexibility index (Phi) is 6.02. The van der Waals surface area contributed by atoms with Gasteiger partial charge in [-0.3, -0.25) is 14.9 Å². The molecule has 2 amide bonds. The van der Waals surface area contributed by atoms with Gasteiger partial charge in [-0.2, -0.15) is 0 Å². The summed E-state index contributed by atoms with van der Waals surface area (Å²) < 4.78 is 0.664. The topological polar surface area (TPSA) is 84.0 Å². The van der Waals surface area contributed by atoms with Crippen molar-refractivity contribution in [3.8, 4) is 10.6 Å². The molecule has 3 aromatic rings. The third-order valence-electron chi connectivity index (χ3n) is 3.20. The Morgan fingerprint density at radius 2 is 2.15 bits per heavy atom. The second-order valence-electron chi connectivity index (χ2n) is 5.16. The fourth-order valence-electron chi connectivity index (χ4n) is 2.01. The zero-order valence-corrected chi connectivity index (χ0v) is 17.4. The lowest BCUT2D eigenvalue weighted by Crippen LogP contribution is -2.17. The summed E-state index contributed by atoms with van der Waals surface area (Å²) in [5, 5.41) is 7.96. The highest BCUT2D eigenvalue weighted by molar-refractivity contribution is 9.10. The molecule has 0 radical (unpaired) electrons. The van der Waals surface area contributed by atoms with Crippen LogP contribution in [0.3, 0.4) is 0 Å². The van der Waals surface area contributed by atoms with E-state index in [1.165, 1.54) is 24.5 Å². The summed E-state index contributed by atoms with van der Waals surface area (Å²) in [6.45, 7) is 1.97. The summed E-state index contributed by atoms with van der Waals surface area (Å²) in [5.74, 6) is -0.443. The zero-order chi connectivity index (χ0) is 18.7. The fraction of sp³-hybridized carbons (Fsp3) is 0.125. The molecular weight excluding hydrogens is 460 g/mol. The lowest BCUT2D eigenvalue weighted by atomic mass is 10.3. The summed E-state index contributed by atoms with van der Waals surface area (Å²) >= 11 is 12.1. The third kappa shape index (κ3) is 4.67. The molecule has 3 rings (SSSR count). The number of anilines is 1. The molecule has 0 aromatic carbocycles. The molecule has 134 valence electrons. The van der Waals surface area contributed by atoms with Gasteiger partial charge >= 0.3 is 0 Å². The van der Waals surface area contributed by atoms with Crippen LogP contribution in [0.2, 0.25) is 5.15 Å². The van der Waals surface area contributed by atoms with Gasteiger partial charge in [-0.1, -0.05) is 11.6 Å².